The molecular weight excluding hydrogens is 418 g/mol. The van der Waals surface area contributed by atoms with Crippen LogP contribution in [0.4, 0.5) is 0 Å². The molecule has 32 heavy (non-hydrogen) atoms. The van der Waals surface area contributed by atoms with E-state index in [1.807, 2.05) is 20.8 Å². The van der Waals surface area contributed by atoms with Gasteiger partial charge in [-0.15, -0.1) is 0 Å². The number of ether oxygens (including phenoxy) is 1. The minimum atomic E-state index is -1.29. The number of aliphatic imine (C=N–C) groups is 1. The Morgan fingerprint density at radius 2 is 2.03 bits per heavy atom. The molecule has 1 aliphatic heterocycles. The molecule has 1 aromatic carbocycles. The van der Waals surface area contributed by atoms with Gasteiger partial charge in [0.25, 0.3) is 5.91 Å². The maximum atomic E-state index is 12.4. The summed E-state index contributed by atoms with van der Waals surface area (Å²) < 4.78 is 5.53. The highest BCUT2D eigenvalue weighted by molar-refractivity contribution is 5.97. The lowest BCUT2D eigenvalue weighted by Crippen LogP contribution is -2.49. The Morgan fingerprint density at radius 3 is 2.62 bits per heavy atom. The smallest absolute Gasteiger partial charge is 0.328 e. The lowest BCUT2D eigenvalue weighted by molar-refractivity contribution is -0.141. The first-order valence-corrected chi connectivity index (χ1v) is 10.3. The highest BCUT2D eigenvalue weighted by Gasteiger charge is 2.24. The molecule has 0 aromatic heterocycles. The number of nitrogens with one attached hydrogen (secondary N) is 4. The Balaban J connectivity index is 1.84. The van der Waals surface area contributed by atoms with Gasteiger partial charge in [-0.05, 0) is 17.5 Å². The largest absolute Gasteiger partial charge is 0.507 e. The van der Waals surface area contributed by atoms with Gasteiger partial charge in [0.05, 0.1) is 18.7 Å². The molecule has 0 saturated carbocycles. The number of guanidine groups is 1. The Bertz CT molecular complexity index is 865. The van der Waals surface area contributed by atoms with Gasteiger partial charge in [0.2, 0.25) is 5.91 Å². The van der Waals surface area contributed by atoms with Crippen molar-refractivity contribution >= 4 is 23.7 Å². The highest BCUT2D eigenvalue weighted by atomic mass is 16.5. The summed E-state index contributed by atoms with van der Waals surface area (Å²) in [6.07, 6.45) is 0.146. The highest BCUT2D eigenvalue weighted by Crippen LogP contribution is 2.23. The van der Waals surface area contributed by atoms with Crippen LogP contribution in [0.2, 0.25) is 0 Å². The summed E-state index contributed by atoms with van der Waals surface area (Å²) in [6.45, 7) is 7.61. The van der Waals surface area contributed by atoms with Crippen LogP contribution in [0.5, 0.6) is 11.5 Å². The second-order valence-corrected chi connectivity index (χ2v) is 8.52. The van der Waals surface area contributed by atoms with Gasteiger partial charge in [-0.3, -0.25) is 14.6 Å². The Hall–Kier alpha value is -3.50. The van der Waals surface area contributed by atoms with Crippen molar-refractivity contribution in [1.82, 2.24) is 21.3 Å². The maximum absolute atomic E-state index is 12.4. The first-order valence-electron chi connectivity index (χ1n) is 10.3. The van der Waals surface area contributed by atoms with Crippen molar-refractivity contribution in [1.29, 1.82) is 0 Å². The molecular formula is C21H31N5O6. The number of carboxylic acids is 1. The first-order chi connectivity index (χ1) is 15.0. The fourth-order valence-corrected chi connectivity index (χ4v) is 2.86. The number of hydrogen-bond acceptors (Lipinski definition) is 8. The molecule has 0 spiro atoms. The third-order valence-electron chi connectivity index (χ3n) is 4.34. The van der Waals surface area contributed by atoms with Crippen LogP contribution in [0.3, 0.4) is 0 Å². The van der Waals surface area contributed by atoms with E-state index >= 15 is 0 Å². The lowest BCUT2D eigenvalue weighted by atomic mass is 9.92. The lowest BCUT2D eigenvalue weighted by Gasteiger charge is -2.20. The van der Waals surface area contributed by atoms with Crippen LogP contribution in [0.15, 0.2) is 23.2 Å². The third kappa shape index (κ3) is 8.32. The fourth-order valence-electron chi connectivity index (χ4n) is 2.86. The number of carbonyl (C=O) groups is 3. The first kappa shape index (κ1) is 24.8. The van der Waals surface area contributed by atoms with Gasteiger partial charge in [-0.2, -0.15) is 0 Å². The zero-order chi connectivity index (χ0) is 23.7. The molecule has 11 nitrogen and oxygen atoms in total. The number of benzene rings is 1. The SMILES string of the molecule is CC(C)(C)CC(=O)N[C@@H](CNC(=O)c1ccc(OCCNC2=NCCN2)cc1O)C(=O)O. The van der Waals surface area contributed by atoms with Crippen LogP contribution in [0.1, 0.15) is 37.6 Å². The predicted octanol–water partition coefficient (Wildman–Crippen LogP) is 0.0552. The number of nitrogens with zero attached hydrogens (tertiary/aromatic N) is 1. The van der Waals surface area contributed by atoms with Crippen LogP contribution in [-0.2, 0) is 9.59 Å². The van der Waals surface area contributed by atoms with E-state index in [2.05, 4.69) is 26.3 Å². The molecule has 0 fully saturated rings. The fraction of sp³-hybridized carbons (Fsp3) is 0.524. The molecule has 1 atom stereocenters. The van der Waals surface area contributed by atoms with E-state index in [1.165, 1.54) is 18.2 Å². The van der Waals surface area contributed by atoms with Gasteiger partial charge in [0.1, 0.15) is 24.1 Å². The Kier molecular flexibility index (Phi) is 8.68. The average molecular weight is 450 g/mol. The van der Waals surface area contributed by atoms with Crippen LogP contribution in [0, 0.1) is 5.41 Å². The summed E-state index contributed by atoms with van der Waals surface area (Å²) in [5.74, 6) is -1.57. The summed E-state index contributed by atoms with van der Waals surface area (Å²) in [6, 6.07) is 2.93. The van der Waals surface area contributed by atoms with Crippen molar-refractivity contribution in [2.24, 2.45) is 10.4 Å². The maximum Gasteiger partial charge on any atom is 0.328 e. The van der Waals surface area contributed by atoms with Crippen molar-refractivity contribution in [3.05, 3.63) is 23.8 Å². The molecule has 1 aliphatic rings. The Morgan fingerprint density at radius 1 is 1.28 bits per heavy atom. The average Bonchev–Trinajstić information content (AvgIpc) is 3.20. The van der Waals surface area contributed by atoms with E-state index in [-0.39, 0.29) is 29.7 Å². The van der Waals surface area contributed by atoms with E-state index < -0.39 is 23.8 Å². The normalized spacial score (nSPS) is 14.0. The van der Waals surface area contributed by atoms with E-state index in [9.17, 15) is 24.6 Å². The molecule has 11 heteroatoms. The monoisotopic (exact) mass is 449 g/mol. The molecule has 0 radical (unpaired) electrons. The molecule has 176 valence electrons. The number of phenolic OH excluding ortho intramolecular Hbond substituents is 1. The van der Waals surface area contributed by atoms with Crippen molar-refractivity contribution < 1.29 is 29.3 Å². The number of carboxylic acid groups (broad SMARTS) is 1. The molecule has 1 aromatic rings. The Labute approximate surface area is 186 Å². The number of aliphatic carboxylic acids is 1. The van der Waals surface area contributed by atoms with E-state index in [4.69, 9.17) is 4.74 Å². The van der Waals surface area contributed by atoms with Gasteiger partial charge in [-0.25, -0.2) is 4.79 Å². The van der Waals surface area contributed by atoms with E-state index in [0.29, 0.717) is 18.9 Å². The van der Waals surface area contributed by atoms with E-state index in [0.717, 1.165) is 19.0 Å². The van der Waals surface area contributed by atoms with Crippen molar-refractivity contribution in [2.45, 2.75) is 33.2 Å². The summed E-state index contributed by atoms with van der Waals surface area (Å²) in [4.78, 5) is 40.0. The molecule has 0 bridgehead atoms. The second-order valence-electron chi connectivity index (χ2n) is 8.52. The number of hydrogen-bond donors (Lipinski definition) is 6. The van der Waals surface area contributed by atoms with Crippen LogP contribution >= 0.6 is 0 Å². The molecule has 6 N–H and O–H groups in total. The minimum Gasteiger partial charge on any atom is -0.507 e. The zero-order valence-corrected chi connectivity index (χ0v) is 18.5. The zero-order valence-electron chi connectivity index (χ0n) is 18.5. The molecule has 0 aliphatic carbocycles. The topological polar surface area (TPSA) is 161 Å². The second kappa shape index (κ2) is 11.2. The molecule has 2 rings (SSSR count). The summed E-state index contributed by atoms with van der Waals surface area (Å²) >= 11 is 0. The van der Waals surface area contributed by atoms with Crippen molar-refractivity contribution in [3.63, 3.8) is 0 Å². The van der Waals surface area contributed by atoms with Gasteiger partial charge < -0.3 is 36.2 Å². The van der Waals surface area contributed by atoms with Crippen LogP contribution < -0.4 is 26.0 Å². The summed E-state index contributed by atoms with van der Waals surface area (Å²) in [5, 5.41) is 30.4. The molecule has 2 amide bonds. The molecule has 0 unspecified atom stereocenters. The standard InChI is InChI=1S/C21H31N5O6/c1-21(2,3)11-17(28)26-15(19(30)31)12-25-18(29)14-5-4-13(10-16(14)27)32-9-8-24-20-22-6-7-23-20/h4-5,10,15,27H,6-9,11-12H2,1-3H3,(H,25,29)(H,26,28)(H,30,31)(H2,22,23,24)/t15-/m0/s1. The third-order valence-corrected chi connectivity index (χ3v) is 4.34. The van der Waals surface area contributed by atoms with Gasteiger partial charge in [0.15, 0.2) is 5.96 Å². The number of amides is 2. The van der Waals surface area contributed by atoms with Crippen LogP contribution in [-0.4, -0.2) is 72.8 Å². The minimum absolute atomic E-state index is 0.0369. The van der Waals surface area contributed by atoms with Crippen LogP contribution in [0.25, 0.3) is 0 Å². The summed E-state index contributed by atoms with van der Waals surface area (Å²) in [7, 11) is 0. The summed E-state index contributed by atoms with van der Waals surface area (Å²) in [5.41, 5.74) is -0.339. The van der Waals surface area contributed by atoms with Gasteiger partial charge >= 0.3 is 5.97 Å². The van der Waals surface area contributed by atoms with Gasteiger partial charge in [-0.1, -0.05) is 20.8 Å². The van der Waals surface area contributed by atoms with Crippen molar-refractivity contribution in [3.8, 4) is 11.5 Å². The number of rotatable bonds is 10. The van der Waals surface area contributed by atoms with Gasteiger partial charge in [0, 0.05) is 25.6 Å². The quantitative estimate of drug-likeness (QED) is 0.273. The number of carbonyl (C=O) groups excluding carboxylic acids is 2. The molecule has 1 heterocycles. The predicted molar refractivity (Wildman–Crippen MR) is 118 cm³/mol. The number of aromatic hydroxyl groups is 1. The van der Waals surface area contributed by atoms with Crippen molar-refractivity contribution in [2.75, 3.05) is 32.8 Å². The van der Waals surface area contributed by atoms with E-state index in [1.54, 1.807) is 0 Å². The molecule has 0 saturated heterocycles. The number of phenols is 1.